The Hall–Kier alpha value is -0.900. The van der Waals surface area contributed by atoms with Crippen LogP contribution in [0.15, 0.2) is 4.52 Å². The normalized spacial score (nSPS) is 25.2. The van der Waals surface area contributed by atoms with Crippen LogP contribution in [0.2, 0.25) is 0 Å². The summed E-state index contributed by atoms with van der Waals surface area (Å²) in [5, 5.41) is 4.05. The summed E-state index contributed by atoms with van der Waals surface area (Å²) in [6, 6.07) is 0. The van der Waals surface area contributed by atoms with Gasteiger partial charge in [0.05, 0.1) is 5.92 Å². The molecule has 2 unspecified atom stereocenters. The molecule has 2 N–H and O–H groups in total. The summed E-state index contributed by atoms with van der Waals surface area (Å²) in [7, 11) is 0. The van der Waals surface area contributed by atoms with Crippen molar-refractivity contribution in [1.82, 2.24) is 10.1 Å². The molecule has 0 spiro atoms. The van der Waals surface area contributed by atoms with E-state index in [-0.39, 0.29) is 5.92 Å². The second kappa shape index (κ2) is 3.59. The van der Waals surface area contributed by atoms with Crippen LogP contribution in [0.25, 0.3) is 0 Å². The molecule has 4 heteroatoms. The molecule has 0 saturated heterocycles. The minimum Gasteiger partial charge on any atom is -0.339 e. The topological polar surface area (TPSA) is 64.9 Å². The first-order valence-electron chi connectivity index (χ1n) is 5.62. The fraction of sp³-hybridized carbons (Fsp3) is 0.818. The third kappa shape index (κ3) is 1.91. The van der Waals surface area contributed by atoms with Crippen LogP contribution in [0.4, 0.5) is 0 Å². The highest BCUT2D eigenvalue weighted by Crippen LogP contribution is 2.57. The van der Waals surface area contributed by atoms with Crippen LogP contribution >= 0.6 is 0 Å². The lowest BCUT2D eigenvalue weighted by molar-refractivity contribution is 0.346. The zero-order chi connectivity index (χ0) is 11.1. The van der Waals surface area contributed by atoms with E-state index in [1.54, 1.807) is 0 Å². The summed E-state index contributed by atoms with van der Waals surface area (Å²) in [6.07, 6.45) is 2.11. The van der Waals surface area contributed by atoms with E-state index < -0.39 is 0 Å². The van der Waals surface area contributed by atoms with Gasteiger partial charge >= 0.3 is 0 Å². The molecule has 2 rings (SSSR count). The maximum Gasteiger partial charge on any atom is 0.231 e. The fourth-order valence-electron chi connectivity index (χ4n) is 1.90. The smallest absolute Gasteiger partial charge is 0.231 e. The van der Waals surface area contributed by atoms with Gasteiger partial charge in [0.2, 0.25) is 5.89 Å². The Kier molecular flexibility index (Phi) is 2.54. The molecule has 0 amide bonds. The molecule has 1 heterocycles. The zero-order valence-electron chi connectivity index (χ0n) is 9.66. The van der Waals surface area contributed by atoms with Gasteiger partial charge in [-0.25, -0.2) is 0 Å². The summed E-state index contributed by atoms with van der Waals surface area (Å²) in [6.45, 7) is 7.12. The number of hydrogen-bond donors (Lipinski definition) is 1. The summed E-state index contributed by atoms with van der Waals surface area (Å²) in [5.41, 5.74) is 5.99. The van der Waals surface area contributed by atoms with Gasteiger partial charge in [-0.15, -0.1) is 0 Å². The summed E-state index contributed by atoms with van der Waals surface area (Å²) in [5.74, 6) is 2.26. The van der Waals surface area contributed by atoms with Gasteiger partial charge in [0.25, 0.3) is 0 Å². The largest absolute Gasteiger partial charge is 0.339 e. The first-order valence-corrected chi connectivity index (χ1v) is 5.62. The van der Waals surface area contributed by atoms with Crippen molar-refractivity contribution in [3.63, 3.8) is 0 Å². The van der Waals surface area contributed by atoms with E-state index in [0.29, 0.717) is 23.8 Å². The molecule has 2 atom stereocenters. The predicted molar refractivity (Wildman–Crippen MR) is 57.5 cm³/mol. The molecule has 1 saturated carbocycles. The SMILES string of the molecule is CCC(CN)c1nc(C2CC2(C)C)no1. The van der Waals surface area contributed by atoms with Crippen molar-refractivity contribution >= 4 is 0 Å². The number of aromatic nitrogens is 2. The van der Waals surface area contributed by atoms with E-state index in [4.69, 9.17) is 10.3 Å². The van der Waals surface area contributed by atoms with Crippen LogP contribution < -0.4 is 5.73 Å². The second-order valence-corrected chi connectivity index (χ2v) is 5.08. The molecule has 1 aromatic heterocycles. The highest BCUT2D eigenvalue weighted by molar-refractivity contribution is 5.14. The molecule has 0 aromatic carbocycles. The maximum atomic E-state index is 5.64. The van der Waals surface area contributed by atoms with Gasteiger partial charge < -0.3 is 10.3 Å². The van der Waals surface area contributed by atoms with Crippen LogP contribution in [0.5, 0.6) is 0 Å². The lowest BCUT2D eigenvalue weighted by atomic mass is 10.1. The summed E-state index contributed by atoms with van der Waals surface area (Å²) < 4.78 is 5.26. The Labute approximate surface area is 90.2 Å². The lowest BCUT2D eigenvalue weighted by Crippen LogP contribution is -2.11. The summed E-state index contributed by atoms with van der Waals surface area (Å²) >= 11 is 0. The van der Waals surface area contributed by atoms with E-state index >= 15 is 0 Å². The molecule has 1 aliphatic rings. The summed E-state index contributed by atoms with van der Waals surface area (Å²) in [4.78, 5) is 4.45. The molecule has 4 nitrogen and oxygen atoms in total. The van der Waals surface area contributed by atoms with E-state index in [0.717, 1.165) is 18.7 Å². The third-order valence-corrected chi connectivity index (χ3v) is 3.41. The molecule has 0 aliphatic heterocycles. The van der Waals surface area contributed by atoms with Crippen LogP contribution in [-0.2, 0) is 0 Å². The number of hydrogen-bond acceptors (Lipinski definition) is 4. The molecular formula is C11H19N3O. The van der Waals surface area contributed by atoms with Crippen LogP contribution in [0.1, 0.15) is 57.2 Å². The second-order valence-electron chi connectivity index (χ2n) is 5.08. The zero-order valence-corrected chi connectivity index (χ0v) is 9.66. The van der Waals surface area contributed by atoms with Crippen molar-refractivity contribution in [2.45, 2.75) is 45.4 Å². The third-order valence-electron chi connectivity index (χ3n) is 3.41. The molecular weight excluding hydrogens is 190 g/mol. The predicted octanol–water partition coefficient (Wildman–Crippen LogP) is 2.04. The molecule has 1 aliphatic carbocycles. The Morgan fingerprint density at radius 1 is 1.60 bits per heavy atom. The van der Waals surface area contributed by atoms with Crippen molar-refractivity contribution in [2.75, 3.05) is 6.54 Å². The van der Waals surface area contributed by atoms with Gasteiger partial charge in [0.1, 0.15) is 0 Å². The Balaban J connectivity index is 2.11. The minimum absolute atomic E-state index is 0.216. The average Bonchev–Trinajstić information content (AvgIpc) is 2.65. The van der Waals surface area contributed by atoms with Crippen molar-refractivity contribution in [1.29, 1.82) is 0 Å². The van der Waals surface area contributed by atoms with E-state index in [1.165, 1.54) is 0 Å². The Morgan fingerprint density at radius 2 is 2.27 bits per heavy atom. The Bertz CT molecular complexity index is 325. The maximum absolute atomic E-state index is 5.64. The average molecular weight is 209 g/mol. The quantitative estimate of drug-likeness (QED) is 0.824. The van der Waals surface area contributed by atoms with Gasteiger partial charge in [0, 0.05) is 12.5 Å². The van der Waals surface area contributed by atoms with Crippen LogP contribution in [0, 0.1) is 5.41 Å². The molecule has 1 fully saturated rings. The van der Waals surface area contributed by atoms with E-state index in [2.05, 4.69) is 30.9 Å². The first kappa shape index (κ1) is 10.6. The van der Waals surface area contributed by atoms with Gasteiger partial charge in [-0.05, 0) is 18.3 Å². The van der Waals surface area contributed by atoms with Crippen LogP contribution in [0.3, 0.4) is 0 Å². The van der Waals surface area contributed by atoms with Crippen molar-refractivity contribution in [2.24, 2.45) is 11.1 Å². The number of nitrogens with two attached hydrogens (primary N) is 1. The Morgan fingerprint density at radius 3 is 2.73 bits per heavy atom. The fourth-order valence-corrected chi connectivity index (χ4v) is 1.90. The highest BCUT2D eigenvalue weighted by atomic mass is 16.5. The van der Waals surface area contributed by atoms with Crippen LogP contribution in [-0.4, -0.2) is 16.7 Å². The number of nitrogens with zero attached hydrogens (tertiary/aromatic N) is 2. The van der Waals surface area contributed by atoms with Crippen molar-refractivity contribution in [3.05, 3.63) is 11.7 Å². The standard InChI is InChI=1S/C11H19N3O/c1-4-7(6-12)10-13-9(14-15-10)8-5-11(8,2)3/h7-8H,4-6,12H2,1-3H3. The molecule has 1 aromatic rings. The van der Waals surface area contributed by atoms with E-state index in [9.17, 15) is 0 Å². The first-order chi connectivity index (χ1) is 7.08. The molecule has 15 heavy (non-hydrogen) atoms. The van der Waals surface area contributed by atoms with Gasteiger partial charge in [-0.3, -0.25) is 0 Å². The molecule has 84 valence electrons. The molecule has 0 bridgehead atoms. The van der Waals surface area contributed by atoms with Crippen molar-refractivity contribution in [3.8, 4) is 0 Å². The van der Waals surface area contributed by atoms with Crippen molar-refractivity contribution < 1.29 is 4.52 Å². The van der Waals surface area contributed by atoms with E-state index in [1.807, 2.05) is 0 Å². The number of rotatable bonds is 4. The minimum atomic E-state index is 0.216. The van der Waals surface area contributed by atoms with Gasteiger partial charge in [-0.1, -0.05) is 25.9 Å². The lowest BCUT2D eigenvalue weighted by Gasteiger charge is -2.04. The van der Waals surface area contributed by atoms with Gasteiger partial charge in [-0.2, -0.15) is 4.98 Å². The monoisotopic (exact) mass is 209 g/mol. The van der Waals surface area contributed by atoms with Gasteiger partial charge in [0.15, 0.2) is 5.82 Å². The highest BCUT2D eigenvalue weighted by Gasteiger charge is 2.49. The molecule has 0 radical (unpaired) electrons.